The van der Waals surface area contributed by atoms with Crippen LogP contribution in [0.4, 0.5) is 14.5 Å². The highest BCUT2D eigenvalue weighted by Crippen LogP contribution is 2.41. The van der Waals surface area contributed by atoms with Crippen LogP contribution >= 0.6 is 23.2 Å². The predicted octanol–water partition coefficient (Wildman–Crippen LogP) is 5.60. The van der Waals surface area contributed by atoms with Crippen molar-refractivity contribution in [1.82, 2.24) is 9.97 Å². The molecule has 178 valence electrons. The average Bonchev–Trinajstić information content (AvgIpc) is 2.98. The lowest BCUT2D eigenvalue weighted by Gasteiger charge is -2.32. The minimum Gasteiger partial charge on any atom is -0.421 e. The molecule has 2 N–H and O–H groups in total. The summed E-state index contributed by atoms with van der Waals surface area (Å²) in [4.78, 5) is 8.18. The highest BCUT2D eigenvalue weighted by Gasteiger charge is 2.54. The van der Waals surface area contributed by atoms with E-state index in [1.807, 2.05) is 27.7 Å². The lowest BCUT2D eigenvalue weighted by atomic mass is 9.77. The summed E-state index contributed by atoms with van der Waals surface area (Å²) in [6.07, 6.45) is 1.20. The molecule has 3 aromatic rings. The molecule has 0 radical (unpaired) electrons. The van der Waals surface area contributed by atoms with Crippen molar-refractivity contribution in [3.05, 3.63) is 70.0 Å². The molecule has 2 heterocycles. The van der Waals surface area contributed by atoms with E-state index in [1.165, 1.54) is 42.6 Å². The maximum atomic E-state index is 15.8. The Bertz CT molecular complexity index is 1190. The predicted molar refractivity (Wildman–Crippen MR) is 128 cm³/mol. The summed E-state index contributed by atoms with van der Waals surface area (Å²) in [5, 5.41) is 0.167. The van der Waals surface area contributed by atoms with Gasteiger partial charge in [-0.2, -0.15) is 13.8 Å². The third-order valence-electron chi connectivity index (χ3n) is 5.95. The van der Waals surface area contributed by atoms with Crippen molar-refractivity contribution in [3.8, 4) is 11.8 Å². The number of hydrogen-bond acceptors (Lipinski definition) is 6. The lowest BCUT2D eigenvalue weighted by Crippen LogP contribution is -2.41. The molecule has 6 nitrogen and oxygen atoms in total. The molecule has 0 spiro atoms. The lowest BCUT2D eigenvalue weighted by molar-refractivity contribution is 0.00578. The molecule has 1 aliphatic rings. The summed E-state index contributed by atoms with van der Waals surface area (Å²) in [7, 11) is -1.12. The molecule has 4 rings (SSSR count). The summed E-state index contributed by atoms with van der Waals surface area (Å²) in [6, 6.07) is 9.76. The van der Waals surface area contributed by atoms with Gasteiger partial charge in [0.1, 0.15) is 5.69 Å². The highest BCUT2D eigenvalue weighted by molar-refractivity contribution is 6.62. The van der Waals surface area contributed by atoms with Crippen LogP contribution in [0.1, 0.15) is 39.0 Å². The van der Waals surface area contributed by atoms with Gasteiger partial charge >= 0.3 is 19.1 Å². The van der Waals surface area contributed by atoms with Gasteiger partial charge in [0.05, 0.1) is 21.2 Å². The summed E-state index contributed by atoms with van der Waals surface area (Å²) in [5.74, 6) is -3.52. The largest absolute Gasteiger partial charge is 0.498 e. The van der Waals surface area contributed by atoms with Crippen molar-refractivity contribution < 1.29 is 22.8 Å². The van der Waals surface area contributed by atoms with E-state index in [0.717, 1.165) is 0 Å². The van der Waals surface area contributed by atoms with Crippen LogP contribution in [0.25, 0.3) is 0 Å². The molecule has 0 atom stereocenters. The first-order chi connectivity index (χ1) is 15.8. The van der Waals surface area contributed by atoms with E-state index < -0.39 is 29.9 Å². The van der Waals surface area contributed by atoms with Gasteiger partial charge in [0.2, 0.25) is 0 Å². The molecule has 2 aromatic carbocycles. The number of nitrogens with two attached hydrogens (primary N) is 1. The maximum Gasteiger partial charge on any atom is 0.498 e. The van der Waals surface area contributed by atoms with Crippen molar-refractivity contribution >= 4 is 41.5 Å². The monoisotopic (exact) mass is 507 g/mol. The Morgan fingerprint density at radius 1 is 1.00 bits per heavy atom. The van der Waals surface area contributed by atoms with Gasteiger partial charge in [0.15, 0.2) is 5.75 Å². The number of nitrogens with zero attached hydrogens (tertiary/aromatic N) is 2. The fourth-order valence-electron chi connectivity index (χ4n) is 3.37. The molecule has 1 fully saturated rings. The molecule has 0 bridgehead atoms. The summed E-state index contributed by atoms with van der Waals surface area (Å²) < 4.78 is 49.2. The number of halogens is 4. The second-order valence-corrected chi connectivity index (χ2v) is 9.72. The quantitative estimate of drug-likeness (QED) is 0.358. The summed E-state index contributed by atoms with van der Waals surface area (Å²) >= 11 is 12.3. The molecule has 0 amide bonds. The molecule has 1 aliphatic heterocycles. The summed E-state index contributed by atoms with van der Waals surface area (Å²) in [5.41, 5.74) is 3.63. The number of hydrogen-bond donors (Lipinski definition) is 1. The van der Waals surface area contributed by atoms with Crippen LogP contribution in [-0.2, 0) is 15.2 Å². The zero-order valence-corrected chi connectivity index (χ0v) is 20.4. The SMILES string of the molecule is CC1(C)OB(c2cnc(Oc3c(Cl)cc(N)cc3Cl)nc2C(F)(F)c2ccccc2)OC1(C)C. The van der Waals surface area contributed by atoms with Crippen LogP contribution < -0.4 is 15.9 Å². The first-order valence-electron chi connectivity index (χ1n) is 10.4. The zero-order valence-electron chi connectivity index (χ0n) is 18.9. The van der Waals surface area contributed by atoms with E-state index in [9.17, 15) is 0 Å². The Morgan fingerprint density at radius 2 is 1.56 bits per heavy atom. The molecule has 11 heteroatoms. The number of benzene rings is 2. The van der Waals surface area contributed by atoms with E-state index in [-0.39, 0.29) is 32.8 Å². The number of nitrogen functional groups attached to an aromatic ring is 1. The Balaban J connectivity index is 1.82. The van der Waals surface area contributed by atoms with E-state index >= 15 is 8.78 Å². The maximum absolute atomic E-state index is 15.8. The topological polar surface area (TPSA) is 79.5 Å². The van der Waals surface area contributed by atoms with E-state index in [1.54, 1.807) is 6.07 Å². The molecule has 1 saturated heterocycles. The van der Waals surface area contributed by atoms with E-state index in [0.29, 0.717) is 5.69 Å². The van der Waals surface area contributed by atoms with Crippen molar-refractivity contribution in [2.75, 3.05) is 5.73 Å². The first kappa shape index (κ1) is 24.7. The Hall–Kier alpha value is -2.46. The van der Waals surface area contributed by atoms with Crippen LogP contribution in [0.3, 0.4) is 0 Å². The van der Waals surface area contributed by atoms with E-state index in [2.05, 4.69) is 9.97 Å². The van der Waals surface area contributed by atoms with Gasteiger partial charge in [-0.15, -0.1) is 0 Å². The Kier molecular flexibility index (Phi) is 6.27. The van der Waals surface area contributed by atoms with Gasteiger partial charge in [0.25, 0.3) is 0 Å². The van der Waals surface area contributed by atoms with Crippen molar-refractivity contribution in [2.24, 2.45) is 0 Å². The first-order valence-corrected chi connectivity index (χ1v) is 11.2. The van der Waals surface area contributed by atoms with Gasteiger partial charge < -0.3 is 19.8 Å². The van der Waals surface area contributed by atoms with Crippen molar-refractivity contribution in [1.29, 1.82) is 0 Å². The fraction of sp³-hybridized carbons (Fsp3) is 0.304. The molecule has 0 saturated carbocycles. The van der Waals surface area contributed by atoms with Gasteiger partial charge in [-0.05, 0) is 39.8 Å². The Labute approximate surface area is 206 Å². The zero-order chi connectivity index (χ0) is 24.9. The molecule has 34 heavy (non-hydrogen) atoms. The van der Waals surface area contributed by atoms with Crippen LogP contribution in [0.15, 0.2) is 48.7 Å². The Morgan fingerprint density at radius 3 is 2.12 bits per heavy atom. The number of aromatic nitrogens is 2. The minimum absolute atomic E-state index is 0.00473. The van der Waals surface area contributed by atoms with Crippen LogP contribution in [0, 0.1) is 0 Å². The molecule has 0 unspecified atom stereocenters. The third kappa shape index (κ3) is 4.45. The molecule has 0 aliphatic carbocycles. The normalized spacial score (nSPS) is 17.1. The third-order valence-corrected chi connectivity index (χ3v) is 6.51. The van der Waals surface area contributed by atoms with Crippen molar-refractivity contribution in [2.45, 2.75) is 44.8 Å². The standard InChI is InChI=1S/C23H22BCl2F2N3O3/c1-21(2)22(3,4)34-24(33-21)15-12-30-20(32-18-16(25)10-14(29)11-17(18)26)31-19(15)23(27,28)13-8-6-5-7-9-13/h5-12H,29H2,1-4H3. The molecule has 1 aromatic heterocycles. The summed E-state index contributed by atoms with van der Waals surface area (Å²) in [6.45, 7) is 7.30. The second-order valence-electron chi connectivity index (χ2n) is 8.90. The number of anilines is 1. The van der Waals surface area contributed by atoms with Crippen molar-refractivity contribution in [3.63, 3.8) is 0 Å². The molecular formula is C23H22BCl2F2N3O3. The fourth-order valence-corrected chi connectivity index (χ4v) is 3.95. The second kappa shape index (κ2) is 8.64. The number of ether oxygens (including phenoxy) is 1. The number of alkyl halides is 2. The average molecular weight is 508 g/mol. The molecular weight excluding hydrogens is 486 g/mol. The van der Waals surface area contributed by atoms with Crippen LogP contribution in [-0.4, -0.2) is 28.3 Å². The van der Waals surface area contributed by atoms with Gasteiger partial charge in [-0.1, -0.05) is 53.5 Å². The smallest absolute Gasteiger partial charge is 0.421 e. The number of rotatable bonds is 5. The van der Waals surface area contributed by atoms with Crippen LogP contribution in [0.5, 0.6) is 11.8 Å². The van der Waals surface area contributed by atoms with Gasteiger partial charge in [0, 0.05) is 22.9 Å². The highest BCUT2D eigenvalue weighted by atomic mass is 35.5. The van der Waals surface area contributed by atoms with Gasteiger partial charge in [-0.3, -0.25) is 0 Å². The van der Waals surface area contributed by atoms with Gasteiger partial charge in [-0.25, -0.2) is 4.98 Å². The van der Waals surface area contributed by atoms with Crippen LogP contribution in [0.2, 0.25) is 10.0 Å². The minimum atomic E-state index is -3.52. The van der Waals surface area contributed by atoms with E-state index in [4.69, 9.17) is 43.0 Å².